The van der Waals surface area contributed by atoms with Crippen LogP contribution in [0.25, 0.3) is 0 Å². The maximum Gasteiger partial charge on any atom is 0.0646 e. The molecule has 1 saturated heterocycles. The van der Waals surface area contributed by atoms with E-state index in [2.05, 4.69) is 13.8 Å². The summed E-state index contributed by atoms with van der Waals surface area (Å²) in [7, 11) is 0. The molecule has 1 rings (SSSR count). The van der Waals surface area contributed by atoms with Crippen molar-refractivity contribution in [2.24, 2.45) is 0 Å². The number of hydrogen-bond donors (Lipinski definition) is 1. The Bertz CT molecular complexity index is 152. The van der Waals surface area contributed by atoms with Gasteiger partial charge in [-0.25, -0.2) is 0 Å². The third kappa shape index (κ3) is 3.58. The summed E-state index contributed by atoms with van der Waals surface area (Å²) >= 11 is 0. The monoisotopic (exact) mass is 200 g/mol. The summed E-state index contributed by atoms with van der Waals surface area (Å²) in [5.74, 6) is 0. The van der Waals surface area contributed by atoms with Gasteiger partial charge in [0.15, 0.2) is 0 Å². The molecule has 0 radical (unpaired) electrons. The van der Waals surface area contributed by atoms with E-state index >= 15 is 0 Å². The Morgan fingerprint density at radius 3 is 2.64 bits per heavy atom. The highest BCUT2D eigenvalue weighted by Crippen LogP contribution is 2.27. The fraction of sp³-hybridized carbons (Fsp3) is 1.00. The minimum atomic E-state index is -0.430. The van der Waals surface area contributed by atoms with Crippen LogP contribution < -0.4 is 0 Å². The van der Waals surface area contributed by atoms with Crippen molar-refractivity contribution in [1.82, 2.24) is 0 Å². The fourth-order valence-corrected chi connectivity index (χ4v) is 2.25. The molecule has 0 aromatic rings. The van der Waals surface area contributed by atoms with Gasteiger partial charge in [-0.3, -0.25) is 0 Å². The van der Waals surface area contributed by atoms with Crippen LogP contribution in [0.3, 0.4) is 0 Å². The lowest BCUT2D eigenvalue weighted by molar-refractivity contribution is -0.000111. The van der Waals surface area contributed by atoms with Crippen molar-refractivity contribution >= 4 is 0 Å². The van der Waals surface area contributed by atoms with Gasteiger partial charge in [0.2, 0.25) is 0 Å². The lowest BCUT2D eigenvalue weighted by atomic mass is 9.88. The number of rotatable bonds is 6. The molecule has 2 heteroatoms. The van der Waals surface area contributed by atoms with Crippen molar-refractivity contribution in [3.05, 3.63) is 0 Å². The molecule has 1 aliphatic heterocycles. The Morgan fingerprint density at radius 2 is 2.14 bits per heavy atom. The van der Waals surface area contributed by atoms with Crippen molar-refractivity contribution < 1.29 is 9.84 Å². The zero-order chi connectivity index (χ0) is 10.4. The zero-order valence-corrected chi connectivity index (χ0v) is 9.59. The van der Waals surface area contributed by atoms with Crippen molar-refractivity contribution in [1.29, 1.82) is 0 Å². The van der Waals surface area contributed by atoms with Crippen LogP contribution in [0.15, 0.2) is 0 Å². The van der Waals surface area contributed by atoms with Crippen LogP contribution in [0.5, 0.6) is 0 Å². The van der Waals surface area contributed by atoms with Gasteiger partial charge in [-0.1, -0.05) is 20.3 Å². The Balaban J connectivity index is 2.25. The van der Waals surface area contributed by atoms with Gasteiger partial charge in [0, 0.05) is 6.61 Å². The molecule has 2 atom stereocenters. The van der Waals surface area contributed by atoms with Crippen LogP contribution >= 0.6 is 0 Å². The van der Waals surface area contributed by atoms with Gasteiger partial charge < -0.3 is 9.84 Å². The van der Waals surface area contributed by atoms with Crippen LogP contribution in [-0.2, 0) is 4.74 Å². The number of aliphatic hydroxyl groups is 1. The highest BCUT2D eigenvalue weighted by atomic mass is 16.5. The number of hydrogen-bond acceptors (Lipinski definition) is 2. The van der Waals surface area contributed by atoms with Gasteiger partial charge >= 0.3 is 0 Å². The van der Waals surface area contributed by atoms with Crippen LogP contribution in [-0.4, -0.2) is 23.4 Å². The first-order valence-corrected chi connectivity index (χ1v) is 6.04. The first kappa shape index (κ1) is 12.0. The summed E-state index contributed by atoms with van der Waals surface area (Å²) in [5.41, 5.74) is -0.430. The van der Waals surface area contributed by atoms with Crippen LogP contribution in [0.1, 0.15) is 58.8 Å². The molecular formula is C12H24O2. The second-order valence-electron chi connectivity index (χ2n) is 4.50. The fourth-order valence-electron chi connectivity index (χ4n) is 2.25. The molecule has 1 aliphatic rings. The third-order valence-corrected chi connectivity index (χ3v) is 3.33. The molecule has 0 bridgehead atoms. The quantitative estimate of drug-likeness (QED) is 0.714. The molecule has 2 unspecified atom stereocenters. The first-order valence-electron chi connectivity index (χ1n) is 6.04. The van der Waals surface area contributed by atoms with Crippen molar-refractivity contribution in [3.63, 3.8) is 0 Å². The summed E-state index contributed by atoms with van der Waals surface area (Å²) in [6.07, 6.45) is 7.60. The molecule has 1 fully saturated rings. The first-order chi connectivity index (χ1) is 6.70. The van der Waals surface area contributed by atoms with E-state index in [0.29, 0.717) is 6.10 Å². The van der Waals surface area contributed by atoms with Gasteiger partial charge in [-0.05, 0) is 38.5 Å². The summed E-state index contributed by atoms with van der Waals surface area (Å²) in [6, 6.07) is 0. The van der Waals surface area contributed by atoms with E-state index in [1.165, 1.54) is 12.8 Å². The molecule has 0 amide bonds. The number of ether oxygens (including phenoxy) is 1. The summed E-state index contributed by atoms with van der Waals surface area (Å²) < 4.78 is 5.56. The van der Waals surface area contributed by atoms with E-state index in [-0.39, 0.29) is 0 Å². The van der Waals surface area contributed by atoms with Crippen molar-refractivity contribution in [2.75, 3.05) is 6.61 Å². The summed E-state index contributed by atoms with van der Waals surface area (Å²) in [5, 5.41) is 10.2. The van der Waals surface area contributed by atoms with E-state index < -0.39 is 5.60 Å². The molecule has 0 aromatic heterocycles. The predicted molar refractivity (Wildman–Crippen MR) is 58.4 cm³/mol. The Kier molecular flexibility index (Phi) is 4.90. The molecular weight excluding hydrogens is 176 g/mol. The standard InChI is InChI=1S/C12H24O2/c1-3-8-12(13,4-2)9-7-11-6-5-10-14-11/h11,13H,3-10H2,1-2H3. The largest absolute Gasteiger partial charge is 0.390 e. The van der Waals surface area contributed by atoms with Crippen LogP contribution in [0.2, 0.25) is 0 Å². The van der Waals surface area contributed by atoms with Gasteiger partial charge in [0.1, 0.15) is 0 Å². The lowest BCUT2D eigenvalue weighted by Crippen LogP contribution is -2.28. The molecule has 14 heavy (non-hydrogen) atoms. The highest BCUT2D eigenvalue weighted by molar-refractivity contribution is 4.78. The maximum absolute atomic E-state index is 10.2. The molecule has 1 N–H and O–H groups in total. The molecule has 0 saturated carbocycles. The SMILES string of the molecule is CCCC(O)(CC)CCC1CCCO1. The third-order valence-electron chi connectivity index (χ3n) is 3.33. The Morgan fingerprint density at radius 1 is 1.36 bits per heavy atom. The summed E-state index contributed by atoms with van der Waals surface area (Å²) in [6.45, 7) is 5.13. The smallest absolute Gasteiger partial charge is 0.0646 e. The average Bonchev–Trinajstić information content (AvgIpc) is 2.68. The van der Waals surface area contributed by atoms with E-state index in [1.54, 1.807) is 0 Å². The molecule has 2 nitrogen and oxygen atoms in total. The van der Waals surface area contributed by atoms with E-state index in [1.807, 2.05) is 0 Å². The van der Waals surface area contributed by atoms with Gasteiger partial charge in [0.05, 0.1) is 11.7 Å². The lowest BCUT2D eigenvalue weighted by Gasteiger charge is -2.27. The highest BCUT2D eigenvalue weighted by Gasteiger charge is 2.26. The Hall–Kier alpha value is -0.0800. The zero-order valence-electron chi connectivity index (χ0n) is 9.59. The molecule has 84 valence electrons. The maximum atomic E-state index is 10.2. The minimum absolute atomic E-state index is 0.421. The average molecular weight is 200 g/mol. The van der Waals surface area contributed by atoms with Gasteiger partial charge in [0.25, 0.3) is 0 Å². The molecule has 0 aromatic carbocycles. The van der Waals surface area contributed by atoms with Crippen molar-refractivity contribution in [3.8, 4) is 0 Å². The van der Waals surface area contributed by atoms with Gasteiger partial charge in [-0.15, -0.1) is 0 Å². The Labute approximate surface area is 87.7 Å². The van der Waals surface area contributed by atoms with E-state index in [9.17, 15) is 5.11 Å². The van der Waals surface area contributed by atoms with Gasteiger partial charge in [-0.2, -0.15) is 0 Å². The van der Waals surface area contributed by atoms with Crippen LogP contribution in [0, 0.1) is 0 Å². The predicted octanol–water partition coefficient (Wildman–Crippen LogP) is 2.89. The second kappa shape index (κ2) is 5.72. The molecule has 1 heterocycles. The molecule has 0 aliphatic carbocycles. The minimum Gasteiger partial charge on any atom is -0.390 e. The second-order valence-corrected chi connectivity index (χ2v) is 4.50. The topological polar surface area (TPSA) is 29.5 Å². The van der Waals surface area contributed by atoms with Crippen LogP contribution in [0.4, 0.5) is 0 Å². The van der Waals surface area contributed by atoms with Crippen molar-refractivity contribution in [2.45, 2.75) is 70.5 Å². The van der Waals surface area contributed by atoms with E-state index in [4.69, 9.17) is 4.74 Å². The normalized spacial score (nSPS) is 26.4. The molecule has 0 spiro atoms. The summed E-state index contributed by atoms with van der Waals surface area (Å²) in [4.78, 5) is 0. The van der Waals surface area contributed by atoms with E-state index in [0.717, 1.165) is 38.7 Å².